The number of fused-ring (bicyclic) bond motifs is 3. The lowest BCUT2D eigenvalue weighted by Gasteiger charge is -2.10. The van der Waals surface area contributed by atoms with Gasteiger partial charge in [0.15, 0.2) is 0 Å². The molecule has 25 heavy (non-hydrogen) atoms. The van der Waals surface area contributed by atoms with Gasteiger partial charge in [0, 0.05) is 22.7 Å². The summed E-state index contributed by atoms with van der Waals surface area (Å²) in [6.07, 6.45) is 1.76. The number of benzene rings is 2. The fourth-order valence-electron chi connectivity index (χ4n) is 4.27. The van der Waals surface area contributed by atoms with Crippen LogP contribution in [0.5, 0.6) is 5.75 Å². The number of anilines is 1. The zero-order chi connectivity index (χ0) is 17.2. The van der Waals surface area contributed by atoms with Crippen LogP contribution in [-0.2, 0) is 16.6 Å². The molecule has 0 saturated heterocycles. The molecule has 2 atom stereocenters. The third-order valence-electron chi connectivity index (χ3n) is 5.74. The number of ether oxygens (including phenoxy) is 1. The van der Waals surface area contributed by atoms with E-state index in [9.17, 15) is 4.79 Å². The van der Waals surface area contributed by atoms with E-state index in [0.717, 1.165) is 41.1 Å². The van der Waals surface area contributed by atoms with Crippen molar-refractivity contribution in [2.24, 2.45) is 0 Å². The van der Waals surface area contributed by atoms with Crippen LogP contribution in [0.25, 0.3) is 10.9 Å². The van der Waals surface area contributed by atoms with E-state index in [4.69, 9.17) is 4.74 Å². The minimum Gasteiger partial charge on any atom is -0.497 e. The van der Waals surface area contributed by atoms with Crippen LogP contribution in [0.15, 0.2) is 36.4 Å². The normalized spacial score (nSPS) is 23.8. The minimum absolute atomic E-state index is 0.0946. The quantitative estimate of drug-likeness (QED) is 0.771. The van der Waals surface area contributed by atoms with Crippen molar-refractivity contribution in [3.63, 3.8) is 0 Å². The predicted octanol–water partition coefficient (Wildman–Crippen LogP) is 3.51. The molecule has 5 nitrogen and oxygen atoms in total. The number of H-pyrrole nitrogens is 1. The predicted molar refractivity (Wildman–Crippen MR) is 96.1 cm³/mol. The van der Waals surface area contributed by atoms with Crippen molar-refractivity contribution >= 4 is 22.5 Å². The lowest BCUT2D eigenvalue weighted by Crippen LogP contribution is -2.21. The number of amides is 1. The third kappa shape index (κ3) is 1.83. The molecular formula is C20H19N3O2. The Bertz CT molecular complexity index is 1020. The molecule has 1 aromatic heterocycles. The molecule has 126 valence electrons. The molecule has 2 aliphatic rings. The highest BCUT2D eigenvalue weighted by Gasteiger charge is 2.65. The minimum atomic E-state index is -0.457. The average molecular weight is 333 g/mol. The van der Waals surface area contributed by atoms with Gasteiger partial charge in [-0.3, -0.25) is 9.89 Å². The number of hydrogen-bond acceptors (Lipinski definition) is 3. The molecule has 1 aliphatic heterocycles. The van der Waals surface area contributed by atoms with Gasteiger partial charge in [-0.05, 0) is 48.2 Å². The van der Waals surface area contributed by atoms with E-state index in [-0.39, 0.29) is 11.8 Å². The molecule has 2 N–H and O–H groups in total. The SMILES string of the molecule is CCc1[nH]nc2cc(C3CC34C(=O)Nc3ccc(OC)cc34)ccc12. The molecule has 2 heterocycles. The summed E-state index contributed by atoms with van der Waals surface area (Å²) in [5, 5.41) is 11.7. The van der Waals surface area contributed by atoms with Gasteiger partial charge in [0.2, 0.25) is 5.91 Å². The first kappa shape index (κ1) is 14.5. The van der Waals surface area contributed by atoms with Crippen molar-refractivity contribution in [1.82, 2.24) is 10.2 Å². The van der Waals surface area contributed by atoms with Crippen molar-refractivity contribution in [2.45, 2.75) is 31.1 Å². The molecule has 1 spiro atoms. The highest BCUT2D eigenvalue weighted by Crippen LogP contribution is 2.65. The maximum absolute atomic E-state index is 12.7. The summed E-state index contributed by atoms with van der Waals surface area (Å²) in [6.45, 7) is 2.12. The van der Waals surface area contributed by atoms with E-state index < -0.39 is 5.41 Å². The molecule has 5 heteroatoms. The average Bonchev–Trinajstić information content (AvgIpc) is 3.17. The van der Waals surface area contributed by atoms with E-state index in [0.29, 0.717) is 0 Å². The molecule has 1 amide bonds. The molecule has 0 radical (unpaired) electrons. The van der Waals surface area contributed by atoms with Gasteiger partial charge in [0.1, 0.15) is 5.75 Å². The number of rotatable bonds is 3. The molecule has 2 aromatic carbocycles. The topological polar surface area (TPSA) is 67.0 Å². The van der Waals surface area contributed by atoms with Gasteiger partial charge in [-0.25, -0.2) is 0 Å². The Kier molecular flexibility index (Phi) is 2.82. The number of carbonyl (C=O) groups excluding carboxylic acids is 1. The number of nitrogens with one attached hydrogen (secondary N) is 2. The number of aromatic amines is 1. The first-order valence-electron chi connectivity index (χ1n) is 8.64. The zero-order valence-corrected chi connectivity index (χ0v) is 14.2. The van der Waals surface area contributed by atoms with Crippen LogP contribution >= 0.6 is 0 Å². The largest absolute Gasteiger partial charge is 0.497 e. The zero-order valence-electron chi connectivity index (χ0n) is 14.2. The molecule has 0 bridgehead atoms. The van der Waals surface area contributed by atoms with Gasteiger partial charge in [0.25, 0.3) is 0 Å². The summed E-state index contributed by atoms with van der Waals surface area (Å²) in [6, 6.07) is 12.2. The molecule has 2 unspecified atom stereocenters. The van der Waals surface area contributed by atoms with Crippen LogP contribution in [0.1, 0.15) is 36.1 Å². The van der Waals surface area contributed by atoms with Crippen LogP contribution in [-0.4, -0.2) is 23.2 Å². The van der Waals surface area contributed by atoms with Crippen LogP contribution in [0.2, 0.25) is 0 Å². The Labute approximate surface area is 145 Å². The van der Waals surface area contributed by atoms with Crippen LogP contribution in [0.4, 0.5) is 5.69 Å². The molecule has 3 aromatic rings. The van der Waals surface area contributed by atoms with E-state index >= 15 is 0 Å². The maximum Gasteiger partial charge on any atom is 0.235 e. The van der Waals surface area contributed by atoms with E-state index in [1.165, 1.54) is 10.9 Å². The Morgan fingerprint density at radius 3 is 2.96 bits per heavy atom. The number of hydrogen-bond donors (Lipinski definition) is 2. The number of methoxy groups -OCH3 is 1. The van der Waals surface area contributed by atoms with Gasteiger partial charge >= 0.3 is 0 Å². The Hall–Kier alpha value is -2.82. The Balaban J connectivity index is 1.58. The van der Waals surface area contributed by atoms with Crippen molar-refractivity contribution in [3.05, 3.63) is 53.2 Å². The van der Waals surface area contributed by atoms with E-state index in [1.54, 1.807) is 7.11 Å². The lowest BCUT2D eigenvalue weighted by atomic mass is 9.91. The van der Waals surface area contributed by atoms with Crippen molar-refractivity contribution in [2.75, 3.05) is 12.4 Å². The Morgan fingerprint density at radius 2 is 2.16 bits per heavy atom. The second-order valence-electron chi connectivity index (χ2n) is 6.93. The molecule has 5 rings (SSSR count). The van der Waals surface area contributed by atoms with E-state index in [1.807, 2.05) is 18.2 Å². The number of aryl methyl sites for hydroxylation is 1. The molecule has 1 fully saturated rings. The third-order valence-corrected chi connectivity index (χ3v) is 5.74. The smallest absolute Gasteiger partial charge is 0.235 e. The van der Waals surface area contributed by atoms with Gasteiger partial charge < -0.3 is 10.1 Å². The van der Waals surface area contributed by atoms with E-state index in [2.05, 4.69) is 40.6 Å². The van der Waals surface area contributed by atoms with Gasteiger partial charge in [-0.2, -0.15) is 5.10 Å². The molecule has 1 aliphatic carbocycles. The van der Waals surface area contributed by atoms with Crippen molar-refractivity contribution in [1.29, 1.82) is 0 Å². The standard InChI is InChI=1S/C20H19N3O2/c1-3-16-13-6-4-11(8-18(13)23-22-16)15-10-20(15)14-9-12(25-2)5-7-17(14)21-19(20)24/h4-9,15H,3,10H2,1-2H3,(H,21,24)(H,22,23). The highest BCUT2D eigenvalue weighted by atomic mass is 16.5. The first-order chi connectivity index (χ1) is 12.2. The number of carbonyl (C=O) groups is 1. The van der Waals surface area contributed by atoms with Crippen molar-refractivity contribution in [3.8, 4) is 5.75 Å². The highest BCUT2D eigenvalue weighted by molar-refractivity contribution is 6.10. The summed E-state index contributed by atoms with van der Waals surface area (Å²) in [5.74, 6) is 1.07. The summed E-state index contributed by atoms with van der Waals surface area (Å²) >= 11 is 0. The van der Waals surface area contributed by atoms with Crippen LogP contribution in [0, 0.1) is 0 Å². The molecule has 1 saturated carbocycles. The Morgan fingerprint density at radius 1 is 1.28 bits per heavy atom. The number of nitrogens with zero attached hydrogens (tertiary/aromatic N) is 1. The summed E-state index contributed by atoms with van der Waals surface area (Å²) in [5.41, 5.74) is 4.80. The fraction of sp³-hybridized carbons (Fsp3) is 0.300. The first-order valence-corrected chi connectivity index (χ1v) is 8.64. The summed E-state index contributed by atoms with van der Waals surface area (Å²) < 4.78 is 5.36. The summed E-state index contributed by atoms with van der Waals surface area (Å²) in [4.78, 5) is 12.7. The second-order valence-corrected chi connectivity index (χ2v) is 6.93. The molecular weight excluding hydrogens is 314 g/mol. The van der Waals surface area contributed by atoms with Crippen LogP contribution < -0.4 is 10.1 Å². The van der Waals surface area contributed by atoms with Gasteiger partial charge in [0.05, 0.1) is 18.0 Å². The van der Waals surface area contributed by atoms with Crippen molar-refractivity contribution < 1.29 is 9.53 Å². The monoisotopic (exact) mass is 333 g/mol. The lowest BCUT2D eigenvalue weighted by molar-refractivity contribution is -0.118. The van der Waals surface area contributed by atoms with Gasteiger partial charge in [-0.1, -0.05) is 19.1 Å². The maximum atomic E-state index is 12.7. The van der Waals surface area contributed by atoms with Gasteiger partial charge in [-0.15, -0.1) is 0 Å². The summed E-state index contributed by atoms with van der Waals surface area (Å²) in [7, 11) is 1.65. The van der Waals surface area contributed by atoms with Crippen LogP contribution in [0.3, 0.4) is 0 Å². The fourth-order valence-corrected chi connectivity index (χ4v) is 4.27. The number of aromatic nitrogens is 2. The second kappa shape index (κ2) is 4.85.